The Bertz CT molecular complexity index is 695. The van der Waals surface area contributed by atoms with Gasteiger partial charge in [-0.25, -0.2) is 0 Å². The summed E-state index contributed by atoms with van der Waals surface area (Å²) in [4.78, 5) is 25.8. The molecule has 0 saturated heterocycles. The van der Waals surface area contributed by atoms with E-state index in [-0.39, 0.29) is 12.8 Å². The van der Waals surface area contributed by atoms with Crippen LogP contribution in [0.15, 0.2) is 0 Å². The smallest absolute Gasteiger partial charge is 0.209 e. The SMILES string of the molecule is CCCCCCCCCCCCCCCCCCCCCC(=O)C(O)(C(=O)CCCCCCCCCCCCCCCCC)C(O)CO. The Morgan fingerprint density at radius 1 is 0.396 bits per heavy atom. The van der Waals surface area contributed by atoms with Gasteiger partial charge in [0.25, 0.3) is 0 Å². The van der Waals surface area contributed by atoms with Gasteiger partial charge in [0.05, 0.1) is 6.61 Å². The molecule has 0 aromatic carbocycles. The van der Waals surface area contributed by atoms with Crippen LogP contribution in [0.4, 0.5) is 0 Å². The first-order valence-corrected chi connectivity index (χ1v) is 21.5. The highest BCUT2D eigenvalue weighted by Crippen LogP contribution is 2.23. The summed E-state index contributed by atoms with van der Waals surface area (Å²) in [7, 11) is 0. The number of carbonyl (C=O) groups excluding carboxylic acids is 2. The third-order valence-electron chi connectivity index (χ3n) is 10.5. The van der Waals surface area contributed by atoms with Crippen molar-refractivity contribution in [2.45, 2.75) is 257 Å². The molecular formula is C43H84O5. The van der Waals surface area contributed by atoms with Crippen LogP contribution >= 0.6 is 0 Å². The van der Waals surface area contributed by atoms with Crippen LogP contribution in [-0.4, -0.2) is 45.2 Å². The van der Waals surface area contributed by atoms with Gasteiger partial charge < -0.3 is 15.3 Å². The van der Waals surface area contributed by atoms with Gasteiger partial charge in [0, 0.05) is 12.8 Å². The molecule has 0 aliphatic carbocycles. The molecule has 5 heteroatoms. The van der Waals surface area contributed by atoms with E-state index in [0.29, 0.717) is 12.8 Å². The zero-order valence-corrected chi connectivity index (χ0v) is 32.4. The summed E-state index contributed by atoms with van der Waals surface area (Å²) in [5, 5.41) is 30.7. The monoisotopic (exact) mass is 681 g/mol. The number of rotatable bonds is 40. The molecule has 286 valence electrons. The van der Waals surface area contributed by atoms with Crippen LogP contribution in [-0.2, 0) is 9.59 Å². The van der Waals surface area contributed by atoms with E-state index >= 15 is 0 Å². The Kier molecular flexibility index (Phi) is 35.4. The molecule has 0 aromatic heterocycles. The summed E-state index contributed by atoms with van der Waals surface area (Å²) in [6.07, 6.45) is 40.9. The second-order valence-electron chi connectivity index (χ2n) is 15.1. The van der Waals surface area contributed by atoms with Crippen molar-refractivity contribution in [2.75, 3.05) is 6.61 Å². The standard InChI is InChI=1S/C43H84O5/c1-3-5-7-9-11-13-15-17-19-20-21-22-24-26-28-30-32-34-36-38-41(46)43(48,42(47)39-44)40(45)37-35-33-31-29-27-25-23-18-16-14-12-10-8-6-4-2/h42,44,47-48H,3-39H2,1-2H3. The summed E-state index contributed by atoms with van der Waals surface area (Å²) >= 11 is 0. The average Bonchev–Trinajstić information content (AvgIpc) is 3.09. The third kappa shape index (κ3) is 27.0. The zero-order valence-electron chi connectivity index (χ0n) is 32.4. The number of hydrogen-bond acceptors (Lipinski definition) is 5. The molecule has 0 heterocycles. The molecule has 0 aliphatic heterocycles. The maximum atomic E-state index is 12.9. The van der Waals surface area contributed by atoms with E-state index in [4.69, 9.17) is 0 Å². The normalized spacial score (nSPS) is 13.5. The first kappa shape index (κ1) is 47.2. The van der Waals surface area contributed by atoms with Crippen LogP contribution in [0.1, 0.15) is 245 Å². The van der Waals surface area contributed by atoms with Crippen molar-refractivity contribution in [2.24, 2.45) is 0 Å². The van der Waals surface area contributed by atoms with E-state index in [0.717, 1.165) is 38.5 Å². The molecule has 0 aliphatic rings. The van der Waals surface area contributed by atoms with Gasteiger partial charge in [-0.05, 0) is 12.8 Å². The lowest BCUT2D eigenvalue weighted by atomic mass is 9.82. The molecule has 48 heavy (non-hydrogen) atoms. The predicted octanol–water partition coefficient (Wildman–Crippen LogP) is 12.3. The highest BCUT2D eigenvalue weighted by atomic mass is 16.4. The van der Waals surface area contributed by atoms with Crippen LogP contribution in [0.3, 0.4) is 0 Å². The maximum Gasteiger partial charge on any atom is 0.209 e. The number of unbranched alkanes of at least 4 members (excludes halogenated alkanes) is 32. The average molecular weight is 681 g/mol. The summed E-state index contributed by atoms with van der Waals surface area (Å²) < 4.78 is 0. The Hall–Kier alpha value is -0.780. The van der Waals surface area contributed by atoms with Gasteiger partial charge in [0.15, 0.2) is 11.6 Å². The maximum absolute atomic E-state index is 12.9. The molecule has 0 spiro atoms. The molecule has 2 unspecified atom stereocenters. The van der Waals surface area contributed by atoms with Gasteiger partial charge in [-0.1, -0.05) is 219 Å². The van der Waals surface area contributed by atoms with E-state index in [1.54, 1.807) is 0 Å². The summed E-state index contributed by atoms with van der Waals surface area (Å²) in [5.74, 6) is -1.27. The van der Waals surface area contributed by atoms with Crippen LogP contribution in [0.2, 0.25) is 0 Å². The number of aliphatic hydroxyl groups is 3. The molecule has 0 aromatic rings. The Labute approximate surface area is 299 Å². The minimum atomic E-state index is -2.47. The fourth-order valence-corrected chi connectivity index (χ4v) is 7.06. The zero-order chi connectivity index (χ0) is 35.4. The fourth-order valence-electron chi connectivity index (χ4n) is 7.06. The molecular weight excluding hydrogens is 596 g/mol. The lowest BCUT2D eigenvalue weighted by molar-refractivity contribution is -0.166. The highest BCUT2D eigenvalue weighted by molar-refractivity contribution is 6.10. The predicted molar refractivity (Wildman–Crippen MR) is 206 cm³/mol. The topological polar surface area (TPSA) is 94.8 Å². The van der Waals surface area contributed by atoms with E-state index in [1.807, 2.05) is 0 Å². The van der Waals surface area contributed by atoms with Crippen molar-refractivity contribution < 1.29 is 24.9 Å². The van der Waals surface area contributed by atoms with Crippen molar-refractivity contribution in [1.82, 2.24) is 0 Å². The largest absolute Gasteiger partial charge is 0.394 e. The van der Waals surface area contributed by atoms with Gasteiger partial charge >= 0.3 is 0 Å². The van der Waals surface area contributed by atoms with Crippen molar-refractivity contribution in [3.63, 3.8) is 0 Å². The number of carbonyl (C=O) groups is 2. The molecule has 0 fully saturated rings. The van der Waals surface area contributed by atoms with Crippen LogP contribution < -0.4 is 0 Å². The lowest BCUT2D eigenvalue weighted by Gasteiger charge is -2.29. The van der Waals surface area contributed by atoms with Crippen molar-refractivity contribution in [3.05, 3.63) is 0 Å². The highest BCUT2D eigenvalue weighted by Gasteiger charge is 2.48. The number of ketones is 2. The molecule has 3 N–H and O–H groups in total. The molecule has 0 rings (SSSR count). The first-order valence-electron chi connectivity index (χ1n) is 21.5. The Morgan fingerprint density at radius 3 is 0.771 bits per heavy atom. The van der Waals surface area contributed by atoms with Crippen molar-refractivity contribution >= 4 is 11.6 Å². The van der Waals surface area contributed by atoms with Crippen LogP contribution in [0.25, 0.3) is 0 Å². The quantitative estimate of drug-likeness (QED) is 0.0442. The van der Waals surface area contributed by atoms with Gasteiger partial charge in [-0.3, -0.25) is 9.59 Å². The van der Waals surface area contributed by atoms with Crippen LogP contribution in [0.5, 0.6) is 0 Å². The third-order valence-corrected chi connectivity index (χ3v) is 10.5. The Balaban J connectivity index is 3.83. The van der Waals surface area contributed by atoms with Crippen molar-refractivity contribution in [1.29, 1.82) is 0 Å². The molecule has 0 bridgehead atoms. The van der Waals surface area contributed by atoms with Crippen LogP contribution in [0, 0.1) is 0 Å². The number of Topliss-reactive ketones (excluding diaryl/α,β-unsaturated/α-hetero) is 2. The summed E-state index contributed by atoms with van der Waals surface area (Å²) in [6, 6.07) is 0. The molecule has 5 nitrogen and oxygen atoms in total. The lowest BCUT2D eigenvalue weighted by Crippen LogP contribution is -2.57. The number of hydrogen-bond donors (Lipinski definition) is 3. The van der Waals surface area contributed by atoms with Gasteiger partial charge in [-0.2, -0.15) is 0 Å². The molecule has 0 saturated carbocycles. The Morgan fingerprint density at radius 2 is 0.583 bits per heavy atom. The molecule has 2 atom stereocenters. The second kappa shape index (κ2) is 36.0. The van der Waals surface area contributed by atoms with Gasteiger partial charge in [0.1, 0.15) is 6.10 Å². The minimum Gasteiger partial charge on any atom is -0.394 e. The van der Waals surface area contributed by atoms with Gasteiger partial charge in [-0.15, -0.1) is 0 Å². The molecule has 0 radical (unpaired) electrons. The first-order chi connectivity index (χ1) is 23.4. The van der Waals surface area contributed by atoms with E-state index in [9.17, 15) is 24.9 Å². The van der Waals surface area contributed by atoms with Gasteiger partial charge in [0.2, 0.25) is 5.60 Å². The summed E-state index contributed by atoms with van der Waals surface area (Å²) in [6.45, 7) is 3.74. The van der Waals surface area contributed by atoms with Crippen molar-refractivity contribution in [3.8, 4) is 0 Å². The fraction of sp³-hybridized carbons (Fsp3) is 0.953. The second-order valence-corrected chi connectivity index (χ2v) is 15.1. The van der Waals surface area contributed by atoms with E-state index in [2.05, 4.69) is 13.8 Å². The minimum absolute atomic E-state index is 0.0662. The number of aliphatic hydroxyl groups excluding tert-OH is 2. The summed E-state index contributed by atoms with van der Waals surface area (Å²) in [5.41, 5.74) is -2.47. The molecule has 0 amide bonds. The van der Waals surface area contributed by atoms with E-state index < -0.39 is 29.9 Å². The van der Waals surface area contributed by atoms with E-state index in [1.165, 1.54) is 167 Å².